The molecule has 0 aromatic rings. The summed E-state index contributed by atoms with van der Waals surface area (Å²) in [4.78, 5) is 11.3. The third kappa shape index (κ3) is 6.49. The van der Waals surface area contributed by atoms with Gasteiger partial charge in [-0.05, 0) is 40.3 Å². The maximum Gasteiger partial charge on any atom is 0.193 e. The van der Waals surface area contributed by atoms with Crippen LogP contribution < -0.4 is 5.32 Å². The molecule has 0 aliphatic carbocycles. The normalized spacial score (nSPS) is 24.2. The molecule has 0 aromatic carbocycles. The molecule has 0 amide bonds. The first-order valence-corrected chi connectivity index (χ1v) is 11.0. The molecule has 2 fully saturated rings. The van der Waals surface area contributed by atoms with Crippen molar-refractivity contribution in [3.05, 3.63) is 0 Å². The van der Waals surface area contributed by atoms with Crippen molar-refractivity contribution in [1.82, 2.24) is 20.0 Å². The number of halogens is 1. The molecule has 0 atom stereocenters. The van der Waals surface area contributed by atoms with Gasteiger partial charge >= 0.3 is 0 Å². The standard InChI is InChI=1S/C17H35N5O2S.HI/c1-17(2)15-22(13-14-25(17,23)24)16(18-3)19-7-5-6-8-21-11-9-20(4)10-12-21;/h5-15H2,1-4H3,(H,18,19);1H. The van der Waals surface area contributed by atoms with E-state index in [0.29, 0.717) is 13.1 Å². The van der Waals surface area contributed by atoms with Crippen LogP contribution in [0, 0.1) is 0 Å². The first-order valence-electron chi connectivity index (χ1n) is 9.34. The van der Waals surface area contributed by atoms with Crippen LogP contribution in [0.2, 0.25) is 0 Å². The molecule has 1 N–H and O–H groups in total. The molecule has 0 bridgehead atoms. The Hall–Kier alpha value is -0.130. The fourth-order valence-corrected chi connectivity index (χ4v) is 4.75. The number of nitrogens with one attached hydrogen (secondary N) is 1. The summed E-state index contributed by atoms with van der Waals surface area (Å²) in [7, 11) is 0.933. The van der Waals surface area contributed by atoms with Gasteiger partial charge in [-0.15, -0.1) is 24.0 Å². The second kappa shape index (κ2) is 10.4. The van der Waals surface area contributed by atoms with Gasteiger partial charge in [-0.3, -0.25) is 4.99 Å². The van der Waals surface area contributed by atoms with Crippen molar-refractivity contribution in [3.8, 4) is 0 Å². The highest BCUT2D eigenvalue weighted by Gasteiger charge is 2.40. The fourth-order valence-electron chi connectivity index (χ4n) is 3.39. The van der Waals surface area contributed by atoms with Gasteiger partial charge in [0.05, 0.1) is 10.5 Å². The van der Waals surface area contributed by atoms with E-state index in [4.69, 9.17) is 0 Å². The summed E-state index contributed by atoms with van der Waals surface area (Å²) in [5.41, 5.74) is 0. The highest BCUT2D eigenvalue weighted by atomic mass is 127. The summed E-state index contributed by atoms with van der Waals surface area (Å²) in [6.07, 6.45) is 2.27. The van der Waals surface area contributed by atoms with E-state index in [9.17, 15) is 8.42 Å². The van der Waals surface area contributed by atoms with Crippen LogP contribution in [-0.2, 0) is 9.84 Å². The third-order valence-corrected chi connectivity index (χ3v) is 7.87. The predicted octanol–water partition coefficient (Wildman–Crippen LogP) is 0.716. The molecule has 2 heterocycles. The van der Waals surface area contributed by atoms with Crippen molar-refractivity contribution in [2.24, 2.45) is 4.99 Å². The Bertz CT molecular complexity index is 560. The Morgan fingerprint density at radius 3 is 2.35 bits per heavy atom. The van der Waals surface area contributed by atoms with Crippen LogP contribution in [0.4, 0.5) is 0 Å². The number of piperazine rings is 1. The highest BCUT2D eigenvalue weighted by molar-refractivity contribution is 14.0. The number of rotatable bonds is 5. The van der Waals surface area contributed by atoms with Crippen LogP contribution in [0.1, 0.15) is 26.7 Å². The molecule has 154 valence electrons. The molecule has 0 spiro atoms. The van der Waals surface area contributed by atoms with Gasteiger partial charge in [-0.25, -0.2) is 8.42 Å². The van der Waals surface area contributed by atoms with Crippen molar-refractivity contribution in [2.45, 2.75) is 31.4 Å². The third-order valence-electron chi connectivity index (χ3n) is 5.33. The van der Waals surface area contributed by atoms with Crippen molar-refractivity contribution in [3.63, 3.8) is 0 Å². The lowest BCUT2D eigenvalue weighted by Gasteiger charge is -2.39. The van der Waals surface area contributed by atoms with Crippen molar-refractivity contribution < 1.29 is 8.42 Å². The molecule has 0 saturated carbocycles. The van der Waals surface area contributed by atoms with Crippen LogP contribution in [0.15, 0.2) is 4.99 Å². The lowest BCUT2D eigenvalue weighted by molar-refractivity contribution is 0.152. The molecule has 2 aliphatic rings. The molecule has 0 aromatic heterocycles. The lowest BCUT2D eigenvalue weighted by atomic mass is 10.2. The molecular weight excluding hydrogens is 465 g/mol. The number of hydrogen-bond donors (Lipinski definition) is 1. The van der Waals surface area contributed by atoms with Gasteiger partial charge in [0.15, 0.2) is 15.8 Å². The summed E-state index contributed by atoms with van der Waals surface area (Å²) in [5, 5.41) is 3.40. The maximum absolute atomic E-state index is 12.1. The van der Waals surface area contributed by atoms with E-state index < -0.39 is 14.6 Å². The predicted molar refractivity (Wildman–Crippen MR) is 119 cm³/mol. The molecule has 0 radical (unpaired) electrons. The SMILES string of the molecule is CN=C(NCCCCN1CCN(C)CC1)N1CCS(=O)(=O)C(C)(C)C1.I. The Balaban J connectivity index is 0.00000338. The first-order chi connectivity index (χ1) is 11.7. The van der Waals surface area contributed by atoms with E-state index in [2.05, 4.69) is 32.1 Å². The van der Waals surface area contributed by atoms with E-state index in [1.807, 2.05) is 0 Å². The van der Waals surface area contributed by atoms with Crippen LogP contribution in [0.5, 0.6) is 0 Å². The quantitative estimate of drug-likeness (QED) is 0.259. The maximum atomic E-state index is 12.1. The lowest BCUT2D eigenvalue weighted by Crippen LogP contribution is -2.57. The summed E-state index contributed by atoms with van der Waals surface area (Å²) >= 11 is 0. The molecule has 26 heavy (non-hydrogen) atoms. The van der Waals surface area contributed by atoms with E-state index in [1.165, 1.54) is 32.6 Å². The van der Waals surface area contributed by atoms with Crippen molar-refractivity contribution in [1.29, 1.82) is 0 Å². The Morgan fingerprint density at radius 2 is 1.77 bits per heavy atom. The molecule has 9 heteroatoms. The Kier molecular flexibility index (Phi) is 9.59. The molecular formula is C17H36IN5O2S. The van der Waals surface area contributed by atoms with Crippen molar-refractivity contribution >= 4 is 39.8 Å². The smallest absolute Gasteiger partial charge is 0.193 e. The van der Waals surface area contributed by atoms with E-state index in [0.717, 1.165) is 25.5 Å². The number of nitrogens with zero attached hydrogens (tertiary/aromatic N) is 4. The largest absolute Gasteiger partial charge is 0.356 e. The number of hydrogen-bond acceptors (Lipinski definition) is 5. The molecule has 0 unspecified atom stereocenters. The topological polar surface area (TPSA) is 68.2 Å². The van der Waals surface area contributed by atoms with Gasteiger partial charge in [0.2, 0.25) is 0 Å². The number of unbranched alkanes of at least 4 members (excludes halogenated alkanes) is 1. The molecule has 7 nitrogen and oxygen atoms in total. The zero-order valence-electron chi connectivity index (χ0n) is 16.7. The molecule has 2 aliphatic heterocycles. The van der Waals surface area contributed by atoms with Crippen LogP contribution in [0.3, 0.4) is 0 Å². The summed E-state index contributed by atoms with van der Waals surface area (Å²) in [5.74, 6) is 1.02. The average molecular weight is 501 g/mol. The summed E-state index contributed by atoms with van der Waals surface area (Å²) in [6.45, 7) is 11.3. The molecule has 2 rings (SSSR count). The highest BCUT2D eigenvalue weighted by Crippen LogP contribution is 2.23. The second-order valence-electron chi connectivity index (χ2n) is 7.83. The minimum absolute atomic E-state index is 0. The monoisotopic (exact) mass is 501 g/mol. The van der Waals surface area contributed by atoms with Crippen molar-refractivity contribution in [2.75, 3.05) is 72.2 Å². The van der Waals surface area contributed by atoms with E-state index >= 15 is 0 Å². The number of likely N-dealkylation sites (N-methyl/N-ethyl adjacent to an activating group) is 1. The fraction of sp³-hybridized carbons (Fsp3) is 0.941. The van der Waals surface area contributed by atoms with Gasteiger partial charge in [0.1, 0.15) is 0 Å². The minimum Gasteiger partial charge on any atom is -0.356 e. The second-order valence-corrected chi connectivity index (χ2v) is 10.6. The minimum atomic E-state index is -3.01. The Morgan fingerprint density at radius 1 is 1.12 bits per heavy atom. The van der Waals surface area contributed by atoms with Crippen LogP contribution in [-0.4, -0.2) is 106 Å². The number of aliphatic imine (C=N–C) groups is 1. The number of guanidine groups is 1. The first kappa shape index (κ1) is 23.9. The van der Waals surface area contributed by atoms with Crippen LogP contribution >= 0.6 is 24.0 Å². The Labute approximate surface area is 176 Å². The van der Waals surface area contributed by atoms with Gasteiger partial charge in [-0.1, -0.05) is 0 Å². The van der Waals surface area contributed by atoms with Gasteiger partial charge in [0, 0.05) is 52.9 Å². The molecule has 2 saturated heterocycles. The van der Waals surface area contributed by atoms with Gasteiger partial charge in [0.25, 0.3) is 0 Å². The summed E-state index contributed by atoms with van der Waals surface area (Å²) in [6, 6.07) is 0. The van der Waals surface area contributed by atoms with E-state index in [-0.39, 0.29) is 29.7 Å². The number of sulfone groups is 1. The van der Waals surface area contributed by atoms with Gasteiger partial charge in [-0.2, -0.15) is 0 Å². The van der Waals surface area contributed by atoms with Crippen LogP contribution in [0.25, 0.3) is 0 Å². The average Bonchev–Trinajstić information content (AvgIpc) is 2.55. The summed E-state index contributed by atoms with van der Waals surface area (Å²) < 4.78 is 23.6. The van der Waals surface area contributed by atoms with Gasteiger partial charge < -0.3 is 20.0 Å². The van der Waals surface area contributed by atoms with E-state index in [1.54, 1.807) is 20.9 Å². The zero-order chi connectivity index (χ0) is 18.5. The zero-order valence-corrected chi connectivity index (χ0v) is 19.8.